The maximum Gasteiger partial charge on any atom is 0.280 e. The van der Waals surface area contributed by atoms with Crippen LogP contribution in [0.5, 0.6) is 0 Å². The molecule has 1 aromatic heterocycles. The number of nitrogens with one attached hydrogen (secondary N) is 3. The van der Waals surface area contributed by atoms with Crippen molar-refractivity contribution in [3.05, 3.63) is 47.0 Å². The molecule has 2 aromatic rings. The molecule has 0 aliphatic carbocycles. The highest BCUT2D eigenvalue weighted by molar-refractivity contribution is 7.87. The fourth-order valence-corrected chi connectivity index (χ4v) is 4.57. The largest absolute Gasteiger partial charge is 0.349 e. The molecule has 32 heavy (non-hydrogen) atoms. The second kappa shape index (κ2) is 9.03. The molecule has 1 fully saturated rings. The van der Waals surface area contributed by atoms with E-state index in [0.29, 0.717) is 0 Å². The average molecular weight is 463 g/mol. The van der Waals surface area contributed by atoms with Gasteiger partial charge in [-0.2, -0.15) is 27.8 Å². The number of halogens is 1. The third-order valence-electron chi connectivity index (χ3n) is 5.08. The van der Waals surface area contributed by atoms with Crippen LogP contribution in [-0.2, 0) is 33.4 Å². The molecule has 2 unspecified atom stereocenters. The lowest BCUT2D eigenvalue weighted by Gasteiger charge is -2.35. The molecular weight excluding hydrogens is 441 g/mol. The van der Waals surface area contributed by atoms with Gasteiger partial charge in [-0.3, -0.25) is 14.3 Å². The average Bonchev–Trinajstić information content (AvgIpc) is 3.06. The molecule has 0 radical (unpaired) electrons. The molecule has 11 nitrogen and oxygen atoms in total. The van der Waals surface area contributed by atoms with Crippen LogP contribution in [0.2, 0.25) is 0 Å². The van der Waals surface area contributed by atoms with Gasteiger partial charge in [0.15, 0.2) is 0 Å². The molecule has 1 saturated heterocycles. The van der Waals surface area contributed by atoms with Crippen LogP contribution in [0.3, 0.4) is 0 Å². The number of hydrogen-bond donors (Lipinski definition) is 3. The Morgan fingerprint density at radius 1 is 1.31 bits per heavy atom. The second-order valence-electron chi connectivity index (χ2n) is 7.36. The third kappa shape index (κ3) is 4.93. The molecular formula is C19H22FN7O4S. The van der Waals surface area contributed by atoms with Gasteiger partial charge in [-0.1, -0.05) is 0 Å². The molecule has 0 bridgehead atoms. The minimum atomic E-state index is -4.12. The van der Waals surface area contributed by atoms with Crippen LogP contribution in [0.15, 0.2) is 24.3 Å². The molecule has 1 aliphatic rings. The number of benzene rings is 1. The van der Waals surface area contributed by atoms with Gasteiger partial charge in [0, 0.05) is 19.8 Å². The van der Waals surface area contributed by atoms with Crippen molar-refractivity contribution in [1.29, 1.82) is 5.26 Å². The lowest BCUT2D eigenvalue weighted by Crippen LogP contribution is -2.62. The first-order valence-electron chi connectivity index (χ1n) is 9.55. The molecule has 1 aliphatic heterocycles. The maximum atomic E-state index is 13.5. The van der Waals surface area contributed by atoms with E-state index in [1.165, 1.54) is 13.1 Å². The van der Waals surface area contributed by atoms with Crippen molar-refractivity contribution < 1.29 is 22.4 Å². The molecule has 2 heterocycles. The highest BCUT2D eigenvalue weighted by Gasteiger charge is 2.42. The molecule has 0 spiro atoms. The topological polar surface area (TPSA) is 149 Å². The van der Waals surface area contributed by atoms with Gasteiger partial charge in [0.2, 0.25) is 11.8 Å². The summed E-state index contributed by atoms with van der Waals surface area (Å²) in [5.41, 5.74) is 1.36. The van der Waals surface area contributed by atoms with Gasteiger partial charge in [-0.05, 0) is 37.6 Å². The molecule has 13 heteroatoms. The van der Waals surface area contributed by atoms with E-state index in [4.69, 9.17) is 5.26 Å². The minimum Gasteiger partial charge on any atom is -0.349 e. The van der Waals surface area contributed by atoms with E-state index >= 15 is 0 Å². The maximum absolute atomic E-state index is 13.5. The van der Waals surface area contributed by atoms with E-state index in [-0.39, 0.29) is 24.2 Å². The minimum absolute atomic E-state index is 0.129. The summed E-state index contributed by atoms with van der Waals surface area (Å²) in [6.45, 7) is 1.94. The van der Waals surface area contributed by atoms with Gasteiger partial charge in [0.25, 0.3) is 10.2 Å². The van der Waals surface area contributed by atoms with Crippen molar-refractivity contribution in [1.82, 2.24) is 24.1 Å². The summed E-state index contributed by atoms with van der Waals surface area (Å²) >= 11 is 0. The van der Waals surface area contributed by atoms with E-state index < -0.39 is 39.9 Å². The van der Waals surface area contributed by atoms with E-state index in [1.54, 1.807) is 30.8 Å². The Morgan fingerprint density at radius 2 is 2.03 bits per heavy atom. The normalized spacial score (nSPS) is 20.3. The number of amides is 2. The molecule has 2 atom stereocenters. The molecule has 2 amide bonds. The van der Waals surface area contributed by atoms with Gasteiger partial charge >= 0.3 is 0 Å². The van der Waals surface area contributed by atoms with Crippen molar-refractivity contribution in [3.63, 3.8) is 0 Å². The van der Waals surface area contributed by atoms with Crippen molar-refractivity contribution in [2.45, 2.75) is 32.0 Å². The number of aryl methyl sites for hydroxylation is 2. The van der Waals surface area contributed by atoms with Crippen LogP contribution >= 0.6 is 0 Å². The van der Waals surface area contributed by atoms with Crippen molar-refractivity contribution in [2.75, 3.05) is 12.4 Å². The predicted molar refractivity (Wildman–Crippen MR) is 112 cm³/mol. The summed E-state index contributed by atoms with van der Waals surface area (Å²) in [4.78, 5) is 25.4. The Morgan fingerprint density at radius 3 is 2.66 bits per heavy atom. The summed E-state index contributed by atoms with van der Waals surface area (Å²) in [6, 6.07) is 4.49. The Hall–Kier alpha value is -3.34. The van der Waals surface area contributed by atoms with E-state index in [2.05, 4.69) is 20.5 Å². The van der Waals surface area contributed by atoms with E-state index in [1.807, 2.05) is 0 Å². The van der Waals surface area contributed by atoms with Gasteiger partial charge in [-0.15, -0.1) is 0 Å². The molecule has 3 rings (SSSR count). The molecule has 3 N–H and O–H groups in total. The van der Waals surface area contributed by atoms with E-state index in [9.17, 15) is 22.4 Å². The first kappa shape index (κ1) is 23.3. The molecule has 0 saturated carbocycles. The summed E-state index contributed by atoms with van der Waals surface area (Å²) < 4.78 is 43.2. The third-order valence-corrected chi connectivity index (χ3v) is 6.68. The number of anilines is 1. The summed E-state index contributed by atoms with van der Waals surface area (Å²) in [5.74, 6) is -2.05. The van der Waals surface area contributed by atoms with Crippen LogP contribution in [-0.4, -0.2) is 53.4 Å². The summed E-state index contributed by atoms with van der Waals surface area (Å²) in [5, 5.41) is 18.2. The van der Waals surface area contributed by atoms with Crippen LogP contribution in [0.1, 0.15) is 23.4 Å². The van der Waals surface area contributed by atoms with Crippen molar-refractivity contribution >= 4 is 27.7 Å². The smallest absolute Gasteiger partial charge is 0.280 e. The Bertz CT molecular complexity index is 1200. The second-order valence-corrected chi connectivity index (χ2v) is 9.12. The van der Waals surface area contributed by atoms with Gasteiger partial charge < -0.3 is 10.6 Å². The number of carbonyl (C=O) groups is 2. The van der Waals surface area contributed by atoms with Gasteiger partial charge in [-0.25, -0.2) is 4.39 Å². The standard InChI is InChI=1S/C19H22FN7O4S/c1-11-6-14(26(2)24-11)10-22-18(28)16-8-17(27(3)32(30,31)25-16)19(29)23-13-4-5-15(20)12(7-13)9-21/h4-7,16-17,25H,8,10H2,1-3H3,(H,22,28)(H,23,29). The first-order chi connectivity index (χ1) is 15.0. The fourth-order valence-electron chi connectivity index (χ4n) is 3.33. The number of hydrogen-bond acceptors (Lipinski definition) is 6. The van der Waals surface area contributed by atoms with E-state index in [0.717, 1.165) is 27.8 Å². The lowest BCUT2D eigenvalue weighted by molar-refractivity contribution is -0.125. The summed E-state index contributed by atoms with van der Waals surface area (Å²) in [7, 11) is -1.18. The highest BCUT2D eigenvalue weighted by Crippen LogP contribution is 2.20. The number of aromatic nitrogens is 2. The van der Waals surface area contributed by atoms with Crippen molar-refractivity contribution in [2.24, 2.45) is 7.05 Å². The SMILES string of the molecule is Cc1cc(CNC(=O)C2CC(C(=O)Nc3ccc(F)c(C#N)c3)N(C)S(=O)(=O)N2)n(C)n1. The quantitative estimate of drug-likeness (QED) is 0.564. The zero-order chi connectivity index (χ0) is 23.6. The Kier molecular flexibility index (Phi) is 6.58. The van der Waals surface area contributed by atoms with Gasteiger partial charge in [0.05, 0.1) is 23.5 Å². The number of carbonyl (C=O) groups excluding carboxylic acids is 2. The number of nitriles is 1. The van der Waals surface area contributed by atoms with Crippen LogP contribution in [0.4, 0.5) is 10.1 Å². The monoisotopic (exact) mass is 463 g/mol. The number of nitrogens with zero attached hydrogens (tertiary/aromatic N) is 4. The fraction of sp³-hybridized carbons (Fsp3) is 0.368. The Labute approximate surface area is 184 Å². The Balaban J connectivity index is 1.73. The predicted octanol–water partition coefficient (Wildman–Crippen LogP) is -0.0987. The zero-order valence-corrected chi connectivity index (χ0v) is 18.4. The van der Waals surface area contributed by atoms with Gasteiger partial charge in [0.1, 0.15) is 24.0 Å². The summed E-state index contributed by atoms with van der Waals surface area (Å²) in [6.07, 6.45) is -0.135. The molecule has 170 valence electrons. The highest BCUT2D eigenvalue weighted by atomic mass is 32.2. The van der Waals surface area contributed by atoms with Crippen LogP contribution in [0.25, 0.3) is 0 Å². The van der Waals surface area contributed by atoms with Crippen molar-refractivity contribution in [3.8, 4) is 6.07 Å². The first-order valence-corrected chi connectivity index (χ1v) is 11.0. The van der Waals surface area contributed by atoms with Crippen LogP contribution in [0, 0.1) is 24.1 Å². The number of likely N-dealkylation sites (N-methyl/N-ethyl adjacent to an activating group) is 1. The molecule has 1 aromatic carbocycles. The lowest BCUT2D eigenvalue weighted by atomic mass is 10.1. The zero-order valence-electron chi connectivity index (χ0n) is 17.6. The number of rotatable bonds is 5. The van der Waals surface area contributed by atoms with Crippen LogP contribution < -0.4 is 15.4 Å².